The fourth-order valence-corrected chi connectivity index (χ4v) is 4.18. The Kier molecular flexibility index (Phi) is 6.14. The predicted octanol–water partition coefficient (Wildman–Crippen LogP) is 2.94. The Hall–Kier alpha value is -1.10. The van der Waals surface area contributed by atoms with E-state index in [-0.39, 0.29) is 6.10 Å². The van der Waals surface area contributed by atoms with Gasteiger partial charge in [0, 0.05) is 19.1 Å². The van der Waals surface area contributed by atoms with E-state index in [4.69, 9.17) is 9.47 Å². The van der Waals surface area contributed by atoms with Gasteiger partial charge in [0.1, 0.15) is 5.75 Å². The Bertz CT molecular complexity index is 534. The van der Waals surface area contributed by atoms with Gasteiger partial charge in [-0.3, -0.25) is 4.90 Å². The lowest BCUT2D eigenvalue weighted by Crippen LogP contribution is -2.46. The van der Waals surface area contributed by atoms with Crippen LogP contribution in [0, 0.1) is 6.92 Å². The third-order valence-corrected chi connectivity index (χ3v) is 5.51. The first kappa shape index (κ1) is 17.7. The number of rotatable bonds is 6. The quantitative estimate of drug-likeness (QED) is 0.869. The van der Waals surface area contributed by atoms with Crippen LogP contribution in [0.15, 0.2) is 18.2 Å². The molecular weight excluding hydrogens is 302 g/mol. The van der Waals surface area contributed by atoms with Gasteiger partial charge in [0.15, 0.2) is 0 Å². The molecule has 1 aliphatic carbocycles. The number of nitrogens with zero attached hydrogens (tertiary/aromatic N) is 1. The van der Waals surface area contributed by atoms with Crippen LogP contribution in [0.1, 0.15) is 43.2 Å². The topological polar surface area (TPSA) is 41.9 Å². The highest BCUT2D eigenvalue weighted by molar-refractivity contribution is 5.36. The van der Waals surface area contributed by atoms with Crippen LogP contribution in [-0.2, 0) is 11.2 Å². The van der Waals surface area contributed by atoms with E-state index >= 15 is 0 Å². The minimum atomic E-state index is -0.144. The molecule has 24 heavy (non-hydrogen) atoms. The van der Waals surface area contributed by atoms with E-state index in [1.807, 2.05) is 6.07 Å². The molecule has 0 amide bonds. The van der Waals surface area contributed by atoms with E-state index in [0.29, 0.717) is 12.1 Å². The molecule has 1 heterocycles. The summed E-state index contributed by atoms with van der Waals surface area (Å²) in [5.41, 5.74) is 2.48. The van der Waals surface area contributed by atoms with E-state index in [0.717, 1.165) is 44.7 Å². The molecule has 3 atom stereocenters. The van der Waals surface area contributed by atoms with Crippen LogP contribution in [0.25, 0.3) is 0 Å². The van der Waals surface area contributed by atoms with Gasteiger partial charge in [-0.05, 0) is 49.8 Å². The summed E-state index contributed by atoms with van der Waals surface area (Å²) in [6, 6.07) is 6.86. The average molecular weight is 333 g/mol. The van der Waals surface area contributed by atoms with Gasteiger partial charge in [-0.25, -0.2) is 0 Å². The molecule has 0 radical (unpaired) electrons. The van der Waals surface area contributed by atoms with Gasteiger partial charge in [-0.15, -0.1) is 0 Å². The smallest absolute Gasteiger partial charge is 0.121 e. The molecule has 1 saturated heterocycles. The van der Waals surface area contributed by atoms with Gasteiger partial charge in [0.05, 0.1) is 25.9 Å². The minimum Gasteiger partial charge on any atom is -0.496 e. The lowest BCUT2D eigenvalue weighted by Gasteiger charge is -2.37. The van der Waals surface area contributed by atoms with E-state index < -0.39 is 0 Å². The average Bonchev–Trinajstić information content (AvgIpc) is 3.02. The number of methoxy groups -OCH3 is 1. The molecule has 1 aromatic rings. The summed E-state index contributed by atoms with van der Waals surface area (Å²) in [5.74, 6) is 0.944. The third kappa shape index (κ3) is 4.29. The molecule has 2 fully saturated rings. The largest absolute Gasteiger partial charge is 0.496 e. The first-order chi connectivity index (χ1) is 11.7. The SMILES string of the molecule is COc1ccc(CCOC2CCCCC2N2CC[C@@H](O)C2)cc1C. The van der Waals surface area contributed by atoms with E-state index in [1.165, 1.54) is 30.4 Å². The number of β-amino-alcohol motifs (C(OH)–C–C–N with tert-alkyl or cyclic N) is 1. The molecule has 0 bridgehead atoms. The first-order valence-electron chi connectivity index (χ1n) is 9.34. The molecule has 1 aliphatic heterocycles. The normalized spacial score (nSPS) is 28.2. The Labute approximate surface area is 145 Å². The van der Waals surface area contributed by atoms with Crippen LogP contribution >= 0.6 is 0 Å². The highest BCUT2D eigenvalue weighted by Gasteiger charge is 2.34. The molecule has 1 N–H and O–H groups in total. The van der Waals surface area contributed by atoms with Gasteiger partial charge in [-0.1, -0.05) is 25.0 Å². The van der Waals surface area contributed by atoms with Gasteiger partial charge in [-0.2, -0.15) is 0 Å². The molecule has 4 nitrogen and oxygen atoms in total. The van der Waals surface area contributed by atoms with Crippen LogP contribution in [0.4, 0.5) is 0 Å². The molecular formula is C20H31NO3. The standard InChI is InChI=1S/C20H31NO3/c1-15-13-16(7-8-19(15)23-2)10-12-24-20-6-4-3-5-18(20)21-11-9-17(22)14-21/h7-8,13,17-18,20,22H,3-6,9-12,14H2,1-2H3/t17-,18?,20?/m1/s1. The Morgan fingerprint density at radius 2 is 2.04 bits per heavy atom. The third-order valence-electron chi connectivity index (χ3n) is 5.51. The summed E-state index contributed by atoms with van der Waals surface area (Å²) < 4.78 is 11.6. The summed E-state index contributed by atoms with van der Waals surface area (Å²) in [7, 11) is 1.71. The highest BCUT2D eigenvalue weighted by Crippen LogP contribution is 2.28. The van der Waals surface area contributed by atoms with Crippen molar-refractivity contribution in [2.24, 2.45) is 0 Å². The maximum Gasteiger partial charge on any atom is 0.121 e. The van der Waals surface area contributed by atoms with E-state index in [9.17, 15) is 5.11 Å². The van der Waals surface area contributed by atoms with E-state index in [2.05, 4.69) is 24.0 Å². The summed E-state index contributed by atoms with van der Waals surface area (Å²) in [6.07, 6.45) is 6.94. The second kappa shape index (κ2) is 8.32. The maximum absolute atomic E-state index is 9.82. The number of benzene rings is 1. The Balaban J connectivity index is 1.51. The number of ether oxygens (including phenoxy) is 2. The predicted molar refractivity (Wildman–Crippen MR) is 95.6 cm³/mol. The summed E-state index contributed by atoms with van der Waals surface area (Å²) in [5, 5.41) is 9.82. The van der Waals surface area contributed by atoms with Crippen molar-refractivity contribution in [1.82, 2.24) is 4.90 Å². The van der Waals surface area contributed by atoms with Gasteiger partial charge in [0.2, 0.25) is 0 Å². The van der Waals surface area contributed by atoms with Crippen molar-refractivity contribution in [2.75, 3.05) is 26.8 Å². The van der Waals surface area contributed by atoms with Crippen LogP contribution < -0.4 is 4.74 Å². The second-order valence-electron chi connectivity index (χ2n) is 7.25. The molecule has 4 heteroatoms. The van der Waals surface area contributed by atoms with Gasteiger partial charge in [0.25, 0.3) is 0 Å². The van der Waals surface area contributed by atoms with Crippen LogP contribution in [0.3, 0.4) is 0 Å². The van der Waals surface area contributed by atoms with Crippen molar-refractivity contribution in [3.8, 4) is 5.75 Å². The molecule has 3 rings (SSSR count). The van der Waals surface area contributed by atoms with Gasteiger partial charge >= 0.3 is 0 Å². The zero-order chi connectivity index (χ0) is 16.9. The van der Waals surface area contributed by atoms with Gasteiger partial charge < -0.3 is 14.6 Å². The van der Waals surface area contributed by atoms with E-state index in [1.54, 1.807) is 7.11 Å². The summed E-state index contributed by atoms with van der Waals surface area (Å²) in [4.78, 5) is 2.45. The lowest BCUT2D eigenvalue weighted by molar-refractivity contribution is -0.0316. The molecule has 0 aromatic heterocycles. The number of aliphatic hydroxyl groups excluding tert-OH is 1. The zero-order valence-electron chi connectivity index (χ0n) is 15.0. The minimum absolute atomic E-state index is 0.144. The number of hydrogen-bond acceptors (Lipinski definition) is 4. The Morgan fingerprint density at radius 3 is 2.75 bits per heavy atom. The summed E-state index contributed by atoms with van der Waals surface area (Å²) >= 11 is 0. The van der Waals surface area contributed by atoms with Crippen molar-refractivity contribution >= 4 is 0 Å². The molecule has 1 aromatic carbocycles. The number of aryl methyl sites for hydroxylation is 1. The highest BCUT2D eigenvalue weighted by atomic mass is 16.5. The van der Waals surface area contributed by atoms with Crippen molar-refractivity contribution in [2.45, 2.75) is 63.7 Å². The second-order valence-corrected chi connectivity index (χ2v) is 7.25. The molecule has 0 spiro atoms. The molecule has 2 unspecified atom stereocenters. The van der Waals surface area contributed by atoms with Crippen molar-refractivity contribution < 1.29 is 14.6 Å². The van der Waals surface area contributed by atoms with Crippen LogP contribution in [-0.4, -0.2) is 55.1 Å². The van der Waals surface area contributed by atoms with Crippen LogP contribution in [0.5, 0.6) is 5.75 Å². The Morgan fingerprint density at radius 1 is 1.21 bits per heavy atom. The van der Waals surface area contributed by atoms with Crippen molar-refractivity contribution in [3.63, 3.8) is 0 Å². The number of hydrogen-bond donors (Lipinski definition) is 1. The number of aliphatic hydroxyl groups is 1. The molecule has 1 saturated carbocycles. The lowest BCUT2D eigenvalue weighted by atomic mass is 9.91. The zero-order valence-corrected chi connectivity index (χ0v) is 15.0. The summed E-state index contributed by atoms with van der Waals surface area (Å²) in [6.45, 7) is 4.69. The molecule has 134 valence electrons. The maximum atomic E-state index is 9.82. The fraction of sp³-hybridized carbons (Fsp3) is 0.700. The fourth-order valence-electron chi connectivity index (χ4n) is 4.18. The van der Waals surface area contributed by atoms with Crippen LogP contribution in [0.2, 0.25) is 0 Å². The van der Waals surface area contributed by atoms with Crippen molar-refractivity contribution in [3.05, 3.63) is 29.3 Å². The monoisotopic (exact) mass is 333 g/mol. The first-order valence-corrected chi connectivity index (χ1v) is 9.34. The molecule has 2 aliphatic rings. The van der Waals surface area contributed by atoms with Crippen molar-refractivity contribution in [1.29, 1.82) is 0 Å². The number of likely N-dealkylation sites (tertiary alicyclic amines) is 1.